The van der Waals surface area contributed by atoms with E-state index in [1.54, 1.807) is 13.2 Å². The summed E-state index contributed by atoms with van der Waals surface area (Å²) in [5, 5.41) is 2.81. The second kappa shape index (κ2) is 7.63. The van der Waals surface area contributed by atoms with Crippen molar-refractivity contribution in [3.8, 4) is 11.5 Å². The molecule has 1 aromatic rings. The van der Waals surface area contributed by atoms with Gasteiger partial charge in [0.25, 0.3) is 0 Å². The lowest BCUT2D eigenvalue weighted by atomic mass is 10.2. The van der Waals surface area contributed by atoms with E-state index in [1.165, 1.54) is 0 Å². The van der Waals surface area contributed by atoms with Gasteiger partial charge < -0.3 is 20.5 Å². The van der Waals surface area contributed by atoms with E-state index < -0.39 is 0 Å². The molecule has 106 valence electrons. The highest BCUT2D eigenvalue weighted by molar-refractivity contribution is 5.76. The molecular formula is C14H22N2O3. The first kappa shape index (κ1) is 15.3. The molecule has 5 nitrogen and oxygen atoms in total. The molecular weight excluding hydrogens is 244 g/mol. The van der Waals surface area contributed by atoms with Crippen LogP contribution in [0.2, 0.25) is 0 Å². The van der Waals surface area contributed by atoms with Crippen molar-refractivity contribution in [1.29, 1.82) is 0 Å². The van der Waals surface area contributed by atoms with Gasteiger partial charge in [-0.1, -0.05) is 6.07 Å². The van der Waals surface area contributed by atoms with Crippen molar-refractivity contribution in [2.75, 3.05) is 13.7 Å². The normalized spacial score (nSPS) is 10.4. The zero-order valence-corrected chi connectivity index (χ0v) is 11.7. The van der Waals surface area contributed by atoms with Gasteiger partial charge in [0.15, 0.2) is 0 Å². The first-order valence-corrected chi connectivity index (χ1v) is 6.36. The number of nitrogens with one attached hydrogen (secondary N) is 1. The number of ether oxygens (including phenoxy) is 2. The average molecular weight is 266 g/mol. The van der Waals surface area contributed by atoms with E-state index in [0.29, 0.717) is 31.1 Å². The number of carbonyl (C=O) groups is 1. The summed E-state index contributed by atoms with van der Waals surface area (Å²) in [7, 11) is 1.59. The van der Waals surface area contributed by atoms with E-state index in [1.807, 2.05) is 26.0 Å². The Bertz CT molecular complexity index is 419. The number of methoxy groups -OCH3 is 1. The fourth-order valence-electron chi connectivity index (χ4n) is 1.61. The van der Waals surface area contributed by atoms with Crippen LogP contribution in [0, 0.1) is 0 Å². The average Bonchev–Trinajstić information content (AvgIpc) is 2.37. The van der Waals surface area contributed by atoms with Gasteiger partial charge in [0.05, 0.1) is 20.1 Å². The monoisotopic (exact) mass is 266 g/mol. The van der Waals surface area contributed by atoms with Crippen LogP contribution in [0.25, 0.3) is 0 Å². The number of carbonyl (C=O) groups excluding carboxylic acids is 1. The van der Waals surface area contributed by atoms with Crippen LogP contribution in [-0.4, -0.2) is 25.7 Å². The topological polar surface area (TPSA) is 73.6 Å². The molecule has 0 radical (unpaired) electrons. The quantitative estimate of drug-likeness (QED) is 0.783. The Balaban J connectivity index is 2.54. The maximum Gasteiger partial charge on any atom is 0.223 e. The van der Waals surface area contributed by atoms with Crippen molar-refractivity contribution in [2.24, 2.45) is 5.73 Å². The predicted octanol–water partition coefficient (Wildman–Crippen LogP) is 1.45. The van der Waals surface area contributed by atoms with Crippen molar-refractivity contribution in [3.63, 3.8) is 0 Å². The lowest BCUT2D eigenvalue weighted by Crippen LogP contribution is -2.31. The Morgan fingerprint density at radius 2 is 2.16 bits per heavy atom. The van der Waals surface area contributed by atoms with Crippen LogP contribution < -0.4 is 20.5 Å². The highest BCUT2D eigenvalue weighted by Gasteiger charge is 2.07. The summed E-state index contributed by atoms with van der Waals surface area (Å²) >= 11 is 0. The molecule has 0 atom stereocenters. The molecule has 19 heavy (non-hydrogen) atoms. The van der Waals surface area contributed by atoms with Gasteiger partial charge in [0.1, 0.15) is 11.5 Å². The van der Waals surface area contributed by atoms with Gasteiger partial charge in [0.2, 0.25) is 5.91 Å². The molecule has 1 aromatic carbocycles. The van der Waals surface area contributed by atoms with Crippen LogP contribution in [-0.2, 0) is 11.3 Å². The van der Waals surface area contributed by atoms with Crippen LogP contribution in [0.5, 0.6) is 11.5 Å². The maximum atomic E-state index is 11.5. The van der Waals surface area contributed by atoms with Crippen molar-refractivity contribution in [1.82, 2.24) is 5.32 Å². The lowest BCUT2D eigenvalue weighted by Gasteiger charge is -2.12. The molecule has 0 aliphatic carbocycles. The highest BCUT2D eigenvalue weighted by atomic mass is 16.5. The van der Waals surface area contributed by atoms with Gasteiger partial charge in [-0.3, -0.25) is 4.79 Å². The van der Waals surface area contributed by atoms with E-state index in [2.05, 4.69) is 5.32 Å². The van der Waals surface area contributed by atoms with Crippen LogP contribution in [0.1, 0.15) is 25.8 Å². The minimum Gasteiger partial charge on any atom is -0.497 e. The highest BCUT2D eigenvalue weighted by Crippen LogP contribution is 2.24. The molecule has 0 aromatic heterocycles. The number of rotatable bonds is 7. The number of benzene rings is 1. The number of amides is 1. The van der Waals surface area contributed by atoms with Crippen LogP contribution in [0.3, 0.4) is 0 Å². The molecule has 0 saturated carbocycles. The van der Waals surface area contributed by atoms with Crippen molar-refractivity contribution >= 4 is 5.91 Å². The zero-order valence-electron chi connectivity index (χ0n) is 11.7. The molecule has 0 heterocycles. The molecule has 5 heteroatoms. The molecule has 1 amide bonds. The minimum atomic E-state index is -0.0211. The Labute approximate surface area is 114 Å². The van der Waals surface area contributed by atoms with Crippen molar-refractivity contribution in [3.05, 3.63) is 23.8 Å². The third-order valence-electron chi connectivity index (χ3n) is 2.53. The lowest BCUT2D eigenvalue weighted by molar-refractivity contribution is -0.122. The first-order chi connectivity index (χ1) is 9.06. The van der Waals surface area contributed by atoms with E-state index in [4.69, 9.17) is 15.2 Å². The molecule has 0 spiro atoms. The summed E-state index contributed by atoms with van der Waals surface area (Å²) in [6, 6.07) is 5.62. The van der Waals surface area contributed by atoms with Crippen LogP contribution in [0.15, 0.2) is 18.2 Å². The molecule has 0 unspecified atom stereocenters. The second-order valence-corrected chi connectivity index (χ2v) is 4.50. The molecule has 3 N–H and O–H groups in total. The van der Waals surface area contributed by atoms with E-state index in [9.17, 15) is 4.79 Å². The van der Waals surface area contributed by atoms with Gasteiger partial charge in [-0.15, -0.1) is 0 Å². The van der Waals surface area contributed by atoms with E-state index in [0.717, 1.165) is 5.56 Å². The van der Waals surface area contributed by atoms with Gasteiger partial charge >= 0.3 is 0 Å². The largest absolute Gasteiger partial charge is 0.497 e. The summed E-state index contributed by atoms with van der Waals surface area (Å²) in [5.74, 6) is 1.35. The Morgan fingerprint density at radius 1 is 1.42 bits per heavy atom. The van der Waals surface area contributed by atoms with Crippen molar-refractivity contribution in [2.45, 2.75) is 32.9 Å². The van der Waals surface area contributed by atoms with E-state index >= 15 is 0 Å². The van der Waals surface area contributed by atoms with Gasteiger partial charge in [0, 0.05) is 24.2 Å². The zero-order chi connectivity index (χ0) is 14.3. The number of nitrogens with two attached hydrogens (primary N) is 1. The van der Waals surface area contributed by atoms with Gasteiger partial charge in [-0.2, -0.15) is 0 Å². The third kappa shape index (κ3) is 5.18. The van der Waals surface area contributed by atoms with Crippen LogP contribution in [0.4, 0.5) is 0 Å². The van der Waals surface area contributed by atoms with Crippen LogP contribution >= 0.6 is 0 Å². The van der Waals surface area contributed by atoms with Crippen molar-refractivity contribution < 1.29 is 14.3 Å². The number of hydrogen-bond acceptors (Lipinski definition) is 4. The maximum absolute atomic E-state index is 11.5. The van der Waals surface area contributed by atoms with Gasteiger partial charge in [-0.25, -0.2) is 0 Å². The summed E-state index contributed by atoms with van der Waals surface area (Å²) in [5.41, 5.74) is 6.53. The third-order valence-corrected chi connectivity index (χ3v) is 2.53. The predicted molar refractivity (Wildman–Crippen MR) is 74.3 cm³/mol. The summed E-state index contributed by atoms with van der Waals surface area (Å²) < 4.78 is 10.7. The molecule has 0 saturated heterocycles. The first-order valence-electron chi connectivity index (χ1n) is 6.36. The molecule has 1 rings (SSSR count). The molecule has 0 bridgehead atoms. The fourth-order valence-corrected chi connectivity index (χ4v) is 1.61. The SMILES string of the molecule is COc1ccc(CN)c(OCCC(=O)NC(C)C)c1. The summed E-state index contributed by atoms with van der Waals surface area (Å²) in [4.78, 5) is 11.5. The smallest absolute Gasteiger partial charge is 0.223 e. The fraction of sp³-hybridized carbons (Fsp3) is 0.500. The Kier molecular flexibility index (Phi) is 6.15. The molecule has 0 aliphatic heterocycles. The molecule has 0 aliphatic rings. The Morgan fingerprint density at radius 3 is 2.74 bits per heavy atom. The second-order valence-electron chi connectivity index (χ2n) is 4.50. The molecule has 0 fully saturated rings. The van der Waals surface area contributed by atoms with Gasteiger partial charge in [-0.05, 0) is 19.9 Å². The summed E-state index contributed by atoms with van der Waals surface area (Å²) in [6.45, 7) is 4.55. The minimum absolute atomic E-state index is 0.0211. The summed E-state index contributed by atoms with van der Waals surface area (Å²) in [6.07, 6.45) is 0.319. The Hall–Kier alpha value is -1.75. The van der Waals surface area contributed by atoms with E-state index in [-0.39, 0.29) is 11.9 Å². The number of hydrogen-bond donors (Lipinski definition) is 2. The standard InChI is InChI=1S/C14H22N2O3/c1-10(2)16-14(17)6-7-19-13-8-12(18-3)5-4-11(13)9-15/h4-5,8,10H,6-7,9,15H2,1-3H3,(H,16,17).